The summed E-state index contributed by atoms with van der Waals surface area (Å²) in [4.78, 5) is 0. The third kappa shape index (κ3) is 3.01. The van der Waals surface area contributed by atoms with E-state index in [-0.39, 0.29) is 29.6 Å². The number of benzene rings is 1. The highest BCUT2D eigenvalue weighted by Crippen LogP contribution is 2.38. The Kier molecular flexibility index (Phi) is 4.32. The summed E-state index contributed by atoms with van der Waals surface area (Å²) in [6.07, 6.45) is 4.41. The van der Waals surface area contributed by atoms with Crippen LogP contribution in [0.15, 0.2) is 18.2 Å². The molecule has 0 amide bonds. The Balaban J connectivity index is 2.03. The summed E-state index contributed by atoms with van der Waals surface area (Å²) in [5.74, 6) is 0.203. The first-order valence-electron chi connectivity index (χ1n) is 6.93. The van der Waals surface area contributed by atoms with Crippen LogP contribution in [0.1, 0.15) is 44.2 Å². The van der Waals surface area contributed by atoms with E-state index in [1.165, 1.54) is 12.8 Å². The fourth-order valence-corrected chi connectivity index (χ4v) is 2.97. The predicted molar refractivity (Wildman–Crippen MR) is 74.2 cm³/mol. The van der Waals surface area contributed by atoms with Gasteiger partial charge in [-0.1, -0.05) is 18.9 Å². The third-order valence-corrected chi connectivity index (χ3v) is 4.28. The molecule has 0 bridgehead atoms. The molecule has 0 aliphatic heterocycles. The minimum Gasteiger partial charge on any atom is -0.507 e. The molecule has 4 N–H and O–H groups in total. The Bertz CT molecular complexity index is 407. The number of aliphatic hydroxyl groups excluding tert-OH is 1. The lowest BCUT2D eigenvalue weighted by atomic mass is 9.87. The average molecular weight is 265 g/mol. The van der Waals surface area contributed by atoms with Crippen LogP contribution in [-0.2, 0) is 0 Å². The van der Waals surface area contributed by atoms with Crippen LogP contribution in [0.4, 0.5) is 0 Å². The van der Waals surface area contributed by atoms with Gasteiger partial charge in [-0.2, -0.15) is 0 Å². The standard InChI is InChI=1S/C15H23NO3/c1-11(14-12(18)5-4-6-13(14)19)16-9-15(10-17)7-2-3-8-15/h4-6,11,16-19H,2-3,7-10H2,1H3. The summed E-state index contributed by atoms with van der Waals surface area (Å²) in [6, 6.07) is 4.62. The Morgan fingerprint density at radius 1 is 1.21 bits per heavy atom. The van der Waals surface area contributed by atoms with Crippen LogP contribution < -0.4 is 5.32 Å². The molecular formula is C15H23NO3. The summed E-state index contributed by atoms with van der Waals surface area (Å²) < 4.78 is 0. The lowest BCUT2D eigenvalue weighted by Gasteiger charge is -2.29. The van der Waals surface area contributed by atoms with Gasteiger partial charge in [0.25, 0.3) is 0 Å². The Hall–Kier alpha value is -1.26. The molecule has 19 heavy (non-hydrogen) atoms. The van der Waals surface area contributed by atoms with E-state index in [9.17, 15) is 15.3 Å². The molecule has 1 aliphatic carbocycles. The Morgan fingerprint density at radius 2 is 1.79 bits per heavy atom. The molecule has 4 nitrogen and oxygen atoms in total. The van der Waals surface area contributed by atoms with E-state index < -0.39 is 0 Å². The number of hydrogen-bond donors (Lipinski definition) is 4. The number of nitrogens with one attached hydrogen (secondary N) is 1. The monoisotopic (exact) mass is 265 g/mol. The molecule has 1 aromatic carbocycles. The summed E-state index contributed by atoms with van der Waals surface area (Å²) in [6.45, 7) is 2.81. The zero-order chi connectivity index (χ0) is 13.9. The van der Waals surface area contributed by atoms with Crippen LogP contribution in [-0.4, -0.2) is 28.5 Å². The van der Waals surface area contributed by atoms with Crippen LogP contribution >= 0.6 is 0 Å². The molecule has 0 radical (unpaired) electrons. The number of aromatic hydroxyl groups is 2. The zero-order valence-electron chi connectivity index (χ0n) is 11.4. The Morgan fingerprint density at radius 3 is 2.32 bits per heavy atom. The minimum atomic E-state index is -0.148. The first-order chi connectivity index (χ1) is 9.08. The van der Waals surface area contributed by atoms with Crippen molar-refractivity contribution in [3.63, 3.8) is 0 Å². The molecule has 0 saturated heterocycles. The van der Waals surface area contributed by atoms with Gasteiger partial charge in [-0.15, -0.1) is 0 Å². The second kappa shape index (κ2) is 5.80. The first kappa shape index (κ1) is 14.2. The van der Waals surface area contributed by atoms with Gasteiger partial charge in [0.05, 0.1) is 5.56 Å². The van der Waals surface area contributed by atoms with E-state index in [0.717, 1.165) is 12.8 Å². The molecule has 1 aromatic rings. The normalized spacial score (nSPS) is 19.5. The van der Waals surface area contributed by atoms with Gasteiger partial charge in [-0.25, -0.2) is 0 Å². The lowest BCUT2D eigenvalue weighted by molar-refractivity contribution is 0.125. The molecule has 0 spiro atoms. The fourth-order valence-electron chi connectivity index (χ4n) is 2.97. The summed E-state index contributed by atoms with van der Waals surface area (Å²) in [7, 11) is 0. The van der Waals surface area contributed by atoms with E-state index >= 15 is 0 Å². The van der Waals surface area contributed by atoms with Crippen LogP contribution in [0, 0.1) is 5.41 Å². The second-order valence-corrected chi connectivity index (χ2v) is 5.68. The first-order valence-corrected chi connectivity index (χ1v) is 6.93. The van der Waals surface area contributed by atoms with E-state index in [4.69, 9.17) is 0 Å². The highest BCUT2D eigenvalue weighted by atomic mass is 16.3. The maximum absolute atomic E-state index is 9.83. The van der Waals surface area contributed by atoms with Crippen molar-refractivity contribution in [2.75, 3.05) is 13.2 Å². The maximum atomic E-state index is 9.83. The van der Waals surface area contributed by atoms with Gasteiger partial charge in [-0.3, -0.25) is 0 Å². The van der Waals surface area contributed by atoms with Crippen molar-refractivity contribution in [1.82, 2.24) is 5.32 Å². The van der Waals surface area contributed by atoms with Crippen LogP contribution in [0.5, 0.6) is 11.5 Å². The summed E-state index contributed by atoms with van der Waals surface area (Å²) >= 11 is 0. The SMILES string of the molecule is CC(NCC1(CO)CCCC1)c1c(O)cccc1O. The maximum Gasteiger partial charge on any atom is 0.124 e. The van der Waals surface area contributed by atoms with Crippen molar-refractivity contribution >= 4 is 0 Å². The molecule has 2 rings (SSSR count). The van der Waals surface area contributed by atoms with Gasteiger partial charge >= 0.3 is 0 Å². The molecule has 106 valence electrons. The van der Waals surface area contributed by atoms with E-state index in [0.29, 0.717) is 12.1 Å². The molecule has 0 aromatic heterocycles. The molecule has 1 aliphatic rings. The number of phenolic OH excluding ortho intramolecular Hbond substituents is 2. The van der Waals surface area contributed by atoms with Gasteiger partial charge < -0.3 is 20.6 Å². The van der Waals surface area contributed by atoms with Crippen molar-refractivity contribution in [3.8, 4) is 11.5 Å². The van der Waals surface area contributed by atoms with Gasteiger partial charge in [0.15, 0.2) is 0 Å². The van der Waals surface area contributed by atoms with Gasteiger partial charge in [0.1, 0.15) is 11.5 Å². The lowest BCUT2D eigenvalue weighted by Crippen LogP contribution is -2.36. The molecular weight excluding hydrogens is 242 g/mol. The van der Waals surface area contributed by atoms with Crippen LogP contribution in [0.2, 0.25) is 0 Å². The fraction of sp³-hybridized carbons (Fsp3) is 0.600. The molecule has 0 heterocycles. The summed E-state index contributed by atoms with van der Waals surface area (Å²) in [5, 5.41) is 32.6. The van der Waals surface area contributed by atoms with Crippen molar-refractivity contribution in [1.29, 1.82) is 0 Å². The van der Waals surface area contributed by atoms with Crippen molar-refractivity contribution < 1.29 is 15.3 Å². The van der Waals surface area contributed by atoms with Crippen molar-refractivity contribution in [3.05, 3.63) is 23.8 Å². The van der Waals surface area contributed by atoms with Crippen LogP contribution in [0.25, 0.3) is 0 Å². The highest BCUT2D eigenvalue weighted by molar-refractivity contribution is 5.44. The number of aliphatic hydroxyl groups is 1. The van der Waals surface area contributed by atoms with Crippen molar-refractivity contribution in [2.24, 2.45) is 5.41 Å². The molecule has 1 fully saturated rings. The number of hydrogen-bond acceptors (Lipinski definition) is 4. The predicted octanol–water partition coefficient (Wildman–Crippen LogP) is 2.30. The third-order valence-electron chi connectivity index (χ3n) is 4.28. The van der Waals surface area contributed by atoms with Gasteiger partial charge in [0.2, 0.25) is 0 Å². The Labute approximate surface area is 114 Å². The van der Waals surface area contributed by atoms with E-state index in [1.54, 1.807) is 18.2 Å². The molecule has 4 heteroatoms. The molecule has 1 atom stereocenters. The minimum absolute atomic E-state index is 0.0335. The van der Waals surface area contributed by atoms with Gasteiger partial charge in [-0.05, 0) is 31.9 Å². The summed E-state index contributed by atoms with van der Waals surface area (Å²) in [5.41, 5.74) is 0.488. The molecule has 1 unspecified atom stereocenters. The second-order valence-electron chi connectivity index (χ2n) is 5.68. The van der Waals surface area contributed by atoms with E-state index in [2.05, 4.69) is 5.32 Å². The highest BCUT2D eigenvalue weighted by Gasteiger charge is 2.33. The smallest absolute Gasteiger partial charge is 0.124 e. The number of phenols is 2. The van der Waals surface area contributed by atoms with Crippen LogP contribution in [0.3, 0.4) is 0 Å². The zero-order valence-corrected chi connectivity index (χ0v) is 11.4. The quantitative estimate of drug-likeness (QED) is 0.659. The van der Waals surface area contributed by atoms with Gasteiger partial charge in [0, 0.05) is 24.6 Å². The number of rotatable bonds is 5. The molecule has 1 saturated carbocycles. The largest absolute Gasteiger partial charge is 0.507 e. The van der Waals surface area contributed by atoms with Crippen molar-refractivity contribution in [2.45, 2.75) is 38.6 Å². The average Bonchev–Trinajstić information content (AvgIpc) is 2.86. The topological polar surface area (TPSA) is 72.7 Å². The van der Waals surface area contributed by atoms with E-state index in [1.807, 2.05) is 6.92 Å².